The Kier molecular flexibility index (Phi) is 4.83. The Balaban J connectivity index is 1.67. The molecule has 0 bridgehead atoms. The first-order valence-electron chi connectivity index (χ1n) is 10.5. The van der Waals surface area contributed by atoms with Gasteiger partial charge >= 0.3 is 0 Å². The molecule has 5 rings (SSSR count). The number of nitrogens with zero attached hydrogens (tertiary/aromatic N) is 2. The molecule has 2 aliphatic carbocycles. The minimum absolute atomic E-state index is 0.0286. The maximum absolute atomic E-state index is 13.9. The smallest absolute Gasteiger partial charge is 0.258 e. The molecule has 1 spiro atoms. The minimum Gasteiger partial charge on any atom is -0.287 e. The topological polar surface area (TPSA) is 34.9 Å². The maximum Gasteiger partial charge on any atom is 0.258 e. The second-order valence-electron chi connectivity index (χ2n) is 8.34. The van der Waals surface area contributed by atoms with E-state index in [2.05, 4.69) is 48.5 Å². The SMILES string of the molecule is CSc1nc2c(c(=O)n1CCc1ccccc1)C1(CCCC1)Cc1ccccc1-2. The molecular formula is C25H26N2OS. The lowest BCUT2D eigenvalue weighted by Crippen LogP contribution is -2.40. The van der Waals surface area contributed by atoms with Crippen LogP contribution in [-0.4, -0.2) is 15.8 Å². The van der Waals surface area contributed by atoms with E-state index in [1.807, 2.05) is 16.9 Å². The van der Waals surface area contributed by atoms with Crippen molar-refractivity contribution in [2.75, 3.05) is 6.26 Å². The van der Waals surface area contributed by atoms with E-state index in [0.29, 0.717) is 6.54 Å². The average Bonchev–Trinajstić information content (AvgIpc) is 3.21. The zero-order chi connectivity index (χ0) is 19.8. The van der Waals surface area contributed by atoms with Crippen LogP contribution in [0.2, 0.25) is 0 Å². The molecule has 29 heavy (non-hydrogen) atoms. The van der Waals surface area contributed by atoms with Crippen LogP contribution in [0.15, 0.2) is 64.5 Å². The molecule has 1 saturated carbocycles. The molecule has 0 N–H and O–H groups in total. The fraction of sp³-hybridized carbons (Fsp3) is 0.360. The van der Waals surface area contributed by atoms with E-state index in [1.165, 1.54) is 24.0 Å². The molecule has 3 aromatic rings. The predicted octanol–water partition coefficient (Wildman–Crippen LogP) is 5.24. The Morgan fingerprint density at radius 2 is 1.76 bits per heavy atom. The monoisotopic (exact) mass is 402 g/mol. The van der Waals surface area contributed by atoms with Gasteiger partial charge in [0.05, 0.1) is 11.3 Å². The van der Waals surface area contributed by atoms with Crippen LogP contribution in [0, 0.1) is 0 Å². The number of fused-ring (bicyclic) bond motifs is 4. The summed E-state index contributed by atoms with van der Waals surface area (Å²) < 4.78 is 1.94. The molecule has 1 heterocycles. The van der Waals surface area contributed by atoms with E-state index in [-0.39, 0.29) is 11.0 Å². The van der Waals surface area contributed by atoms with Crippen LogP contribution >= 0.6 is 11.8 Å². The van der Waals surface area contributed by atoms with Gasteiger partial charge in [-0.25, -0.2) is 4.98 Å². The fourth-order valence-corrected chi connectivity index (χ4v) is 5.86. The van der Waals surface area contributed by atoms with Gasteiger partial charge in [-0.1, -0.05) is 79.2 Å². The van der Waals surface area contributed by atoms with Crippen molar-refractivity contribution < 1.29 is 0 Å². The van der Waals surface area contributed by atoms with E-state index in [9.17, 15) is 4.79 Å². The Labute approximate surface area is 176 Å². The van der Waals surface area contributed by atoms with Gasteiger partial charge in [0.1, 0.15) is 0 Å². The summed E-state index contributed by atoms with van der Waals surface area (Å²) in [6.45, 7) is 0.678. The van der Waals surface area contributed by atoms with Crippen LogP contribution in [0.3, 0.4) is 0 Å². The van der Waals surface area contributed by atoms with E-state index < -0.39 is 0 Å². The highest BCUT2D eigenvalue weighted by atomic mass is 32.2. The lowest BCUT2D eigenvalue weighted by atomic mass is 9.68. The van der Waals surface area contributed by atoms with Gasteiger partial charge in [-0.05, 0) is 43.1 Å². The van der Waals surface area contributed by atoms with Gasteiger partial charge in [0, 0.05) is 17.5 Å². The van der Waals surface area contributed by atoms with Gasteiger partial charge in [-0.3, -0.25) is 9.36 Å². The molecule has 2 aromatic carbocycles. The van der Waals surface area contributed by atoms with E-state index >= 15 is 0 Å². The third kappa shape index (κ3) is 3.14. The number of rotatable bonds is 4. The summed E-state index contributed by atoms with van der Waals surface area (Å²) in [4.78, 5) is 19.0. The van der Waals surface area contributed by atoms with Crippen molar-refractivity contribution in [3.63, 3.8) is 0 Å². The van der Waals surface area contributed by atoms with Gasteiger partial charge in [0.25, 0.3) is 5.56 Å². The number of aromatic nitrogens is 2. The molecule has 4 heteroatoms. The summed E-state index contributed by atoms with van der Waals surface area (Å²) in [6, 6.07) is 19.0. The van der Waals surface area contributed by atoms with Crippen molar-refractivity contribution in [3.05, 3.63) is 81.6 Å². The second-order valence-corrected chi connectivity index (χ2v) is 9.11. The van der Waals surface area contributed by atoms with E-state index in [0.717, 1.165) is 47.7 Å². The minimum atomic E-state index is -0.0286. The largest absolute Gasteiger partial charge is 0.287 e. The van der Waals surface area contributed by atoms with Gasteiger partial charge in [0.15, 0.2) is 5.16 Å². The van der Waals surface area contributed by atoms with E-state index in [4.69, 9.17) is 4.98 Å². The Hall–Kier alpha value is -2.33. The quantitative estimate of drug-likeness (QED) is 0.442. The lowest BCUT2D eigenvalue weighted by molar-refractivity contribution is 0.415. The number of benzene rings is 2. The van der Waals surface area contributed by atoms with Crippen LogP contribution in [0.1, 0.15) is 42.4 Å². The van der Waals surface area contributed by atoms with Crippen molar-refractivity contribution in [2.45, 2.75) is 55.6 Å². The molecule has 1 fully saturated rings. The van der Waals surface area contributed by atoms with Gasteiger partial charge in [-0.15, -0.1) is 0 Å². The highest BCUT2D eigenvalue weighted by molar-refractivity contribution is 7.98. The number of thioether (sulfide) groups is 1. The van der Waals surface area contributed by atoms with Crippen LogP contribution < -0.4 is 5.56 Å². The highest BCUT2D eigenvalue weighted by Gasteiger charge is 2.44. The third-order valence-corrected chi connectivity index (χ3v) is 7.35. The average molecular weight is 403 g/mol. The molecule has 2 aliphatic rings. The summed E-state index contributed by atoms with van der Waals surface area (Å²) in [5.74, 6) is 0. The number of aryl methyl sites for hydroxylation is 1. The highest BCUT2D eigenvalue weighted by Crippen LogP contribution is 2.49. The van der Waals surface area contributed by atoms with Gasteiger partial charge < -0.3 is 0 Å². The molecule has 3 nitrogen and oxygen atoms in total. The summed E-state index contributed by atoms with van der Waals surface area (Å²) >= 11 is 1.58. The summed E-state index contributed by atoms with van der Waals surface area (Å²) in [6.07, 6.45) is 8.45. The van der Waals surface area contributed by atoms with E-state index in [1.54, 1.807) is 11.8 Å². The van der Waals surface area contributed by atoms with Crippen molar-refractivity contribution in [2.24, 2.45) is 0 Å². The summed E-state index contributed by atoms with van der Waals surface area (Å²) in [7, 11) is 0. The van der Waals surface area contributed by atoms with Crippen molar-refractivity contribution in [1.29, 1.82) is 0 Å². The summed E-state index contributed by atoms with van der Waals surface area (Å²) in [5, 5.41) is 0.828. The molecule has 1 aromatic heterocycles. The second kappa shape index (κ2) is 7.49. The molecule has 0 radical (unpaired) electrons. The van der Waals surface area contributed by atoms with Crippen molar-refractivity contribution in [1.82, 2.24) is 9.55 Å². The normalized spacial score (nSPS) is 16.6. The van der Waals surface area contributed by atoms with Gasteiger partial charge in [0.2, 0.25) is 0 Å². The van der Waals surface area contributed by atoms with Crippen LogP contribution in [0.4, 0.5) is 0 Å². The van der Waals surface area contributed by atoms with Gasteiger partial charge in [-0.2, -0.15) is 0 Å². The standard InChI is InChI=1S/C25H26N2OS/c1-29-24-26-22-20-12-6-5-11-19(20)17-25(14-7-8-15-25)21(22)23(28)27(24)16-13-18-9-3-2-4-10-18/h2-6,9-12H,7-8,13-17H2,1H3. The molecule has 0 unspecified atom stereocenters. The van der Waals surface area contributed by atoms with Crippen LogP contribution in [-0.2, 0) is 24.8 Å². The number of hydrogen-bond acceptors (Lipinski definition) is 3. The van der Waals surface area contributed by atoms with Crippen molar-refractivity contribution >= 4 is 11.8 Å². The first kappa shape index (κ1) is 18.7. The fourth-order valence-electron chi connectivity index (χ4n) is 5.28. The molecule has 0 atom stereocenters. The number of hydrogen-bond donors (Lipinski definition) is 0. The maximum atomic E-state index is 13.9. The lowest BCUT2D eigenvalue weighted by Gasteiger charge is -2.36. The zero-order valence-electron chi connectivity index (χ0n) is 16.9. The predicted molar refractivity (Wildman–Crippen MR) is 120 cm³/mol. The zero-order valence-corrected chi connectivity index (χ0v) is 17.7. The summed E-state index contributed by atoms with van der Waals surface area (Å²) in [5.41, 5.74) is 5.85. The van der Waals surface area contributed by atoms with Crippen LogP contribution in [0.25, 0.3) is 11.3 Å². The molecular weight excluding hydrogens is 376 g/mol. The third-order valence-electron chi connectivity index (χ3n) is 6.68. The molecule has 0 saturated heterocycles. The molecule has 0 amide bonds. The first-order valence-corrected chi connectivity index (χ1v) is 11.8. The van der Waals surface area contributed by atoms with Crippen molar-refractivity contribution in [3.8, 4) is 11.3 Å². The molecule has 148 valence electrons. The Morgan fingerprint density at radius 1 is 1.03 bits per heavy atom. The Bertz CT molecular complexity index is 1100. The Morgan fingerprint density at radius 3 is 2.52 bits per heavy atom. The first-order chi connectivity index (χ1) is 14.2. The molecule has 0 aliphatic heterocycles. The van der Waals surface area contributed by atoms with Crippen LogP contribution in [0.5, 0.6) is 0 Å².